The first kappa shape index (κ1) is 9.37. The summed E-state index contributed by atoms with van der Waals surface area (Å²) in [4.78, 5) is 23.0. The Morgan fingerprint density at radius 1 is 1.27 bits per heavy atom. The molecule has 4 aliphatic rings. The van der Waals surface area contributed by atoms with Crippen LogP contribution in [0.4, 0.5) is 0 Å². The Hall–Kier alpha value is -0.860. The van der Waals surface area contributed by atoms with Crippen molar-refractivity contribution in [3.8, 4) is 0 Å². The fraction of sp³-hybridized carbons (Fsp3) is 0.833. The van der Waals surface area contributed by atoms with Gasteiger partial charge >= 0.3 is 5.97 Å². The molecule has 4 aliphatic carbocycles. The highest BCUT2D eigenvalue weighted by molar-refractivity contribution is 5.86. The van der Waals surface area contributed by atoms with E-state index in [0.717, 1.165) is 31.6 Å². The Morgan fingerprint density at radius 2 is 2.07 bits per heavy atom. The van der Waals surface area contributed by atoms with Crippen molar-refractivity contribution in [3.63, 3.8) is 0 Å². The number of Topliss-reactive ketones (excluding diaryl/α,β-unsaturated/α-hetero) is 1. The molecule has 0 spiro atoms. The van der Waals surface area contributed by atoms with Crippen LogP contribution in [0.3, 0.4) is 0 Å². The van der Waals surface area contributed by atoms with Crippen LogP contribution in [-0.2, 0) is 14.3 Å². The van der Waals surface area contributed by atoms with Crippen LogP contribution in [-0.4, -0.2) is 17.9 Å². The third-order valence-electron chi connectivity index (χ3n) is 4.36. The molecule has 3 nitrogen and oxygen atoms in total. The van der Waals surface area contributed by atoms with Gasteiger partial charge in [0.05, 0.1) is 5.92 Å². The van der Waals surface area contributed by atoms with Crippen molar-refractivity contribution in [2.45, 2.75) is 38.7 Å². The molecule has 0 N–H and O–H groups in total. The van der Waals surface area contributed by atoms with Gasteiger partial charge in [-0.05, 0) is 37.5 Å². The average Bonchev–Trinajstić information content (AvgIpc) is 2.18. The van der Waals surface area contributed by atoms with Gasteiger partial charge < -0.3 is 4.74 Å². The van der Waals surface area contributed by atoms with E-state index in [1.54, 1.807) is 0 Å². The van der Waals surface area contributed by atoms with E-state index in [1.165, 1.54) is 6.92 Å². The minimum Gasteiger partial charge on any atom is -0.461 e. The Bertz CT molecular complexity index is 323. The van der Waals surface area contributed by atoms with Crippen molar-refractivity contribution in [2.75, 3.05) is 0 Å². The zero-order valence-electron chi connectivity index (χ0n) is 8.94. The first-order valence-electron chi connectivity index (χ1n) is 5.86. The summed E-state index contributed by atoms with van der Waals surface area (Å²) in [7, 11) is 0. The highest BCUT2D eigenvalue weighted by Crippen LogP contribution is 2.52. The predicted octanol–water partition coefficient (Wildman–Crippen LogP) is 1.55. The molecule has 5 atom stereocenters. The summed E-state index contributed by atoms with van der Waals surface area (Å²) >= 11 is 0. The molecule has 0 aliphatic heterocycles. The molecule has 0 amide bonds. The van der Waals surface area contributed by atoms with Gasteiger partial charge in [0.15, 0.2) is 0 Å². The maximum absolute atomic E-state index is 12.0. The van der Waals surface area contributed by atoms with Gasteiger partial charge in [-0.25, -0.2) is 0 Å². The van der Waals surface area contributed by atoms with Crippen LogP contribution in [0.15, 0.2) is 0 Å². The van der Waals surface area contributed by atoms with E-state index >= 15 is 0 Å². The molecule has 4 unspecified atom stereocenters. The van der Waals surface area contributed by atoms with Crippen LogP contribution in [0.2, 0.25) is 0 Å². The van der Waals surface area contributed by atoms with Crippen LogP contribution >= 0.6 is 0 Å². The topological polar surface area (TPSA) is 43.4 Å². The molecule has 0 aromatic rings. The highest BCUT2D eigenvalue weighted by atomic mass is 16.5. The molecule has 3 heteroatoms. The van der Waals surface area contributed by atoms with E-state index in [1.807, 2.05) is 0 Å². The van der Waals surface area contributed by atoms with Crippen LogP contribution in [0.25, 0.3) is 0 Å². The number of hydrogen-bond donors (Lipinski definition) is 0. The largest absolute Gasteiger partial charge is 0.461 e. The number of carbonyl (C=O) groups is 2. The molecule has 4 fully saturated rings. The van der Waals surface area contributed by atoms with Gasteiger partial charge in [-0.2, -0.15) is 0 Å². The average molecular weight is 208 g/mol. The van der Waals surface area contributed by atoms with Gasteiger partial charge in [0.25, 0.3) is 0 Å². The van der Waals surface area contributed by atoms with E-state index < -0.39 is 0 Å². The van der Waals surface area contributed by atoms with Crippen LogP contribution < -0.4 is 0 Å². The summed E-state index contributed by atoms with van der Waals surface area (Å²) in [6, 6.07) is 0. The van der Waals surface area contributed by atoms with Crippen LogP contribution in [0.5, 0.6) is 0 Å². The monoisotopic (exact) mass is 208 g/mol. The summed E-state index contributed by atoms with van der Waals surface area (Å²) in [5, 5.41) is 0. The number of hydrogen-bond acceptors (Lipinski definition) is 3. The second-order valence-electron chi connectivity index (χ2n) is 5.35. The lowest BCUT2D eigenvalue weighted by Gasteiger charge is -2.52. The summed E-state index contributed by atoms with van der Waals surface area (Å²) < 4.78 is 5.34. The van der Waals surface area contributed by atoms with E-state index in [0.29, 0.717) is 17.6 Å². The maximum Gasteiger partial charge on any atom is 0.302 e. The standard InChI is InChI=1S/C12H16O3/c1-6(13)15-12-9-3-7-2-8(5-9)11(14)10(12)4-7/h7-10,12H,2-5H2,1H3/t7?,8?,9?,10?,12-/m0/s1. The number of carbonyl (C=O) groups excluding carboxylic acids is 2. The number of ether oxygens (including phenoxy) is 1. The number of rotatable bonds is 1. The van der Waals surface area contributed by atoms with E-state index in [4.69, 9.17) is 4.74 Å². The minimum atomic E-state index is -0.236. The quantitative estimate of drug-likeness (QED) is 0.614. The van der Waals surface area contributed by atoms with Gasteiger partial charge in [0, 0.05) is 12.8 Å². The Labute approximate surface area is 89.2 Å². The van der Waals surface area contributed by atoms with E-state index in [-0.39, 0.29) is 18.0 Å². The maximum atomic E-state index is 12.0. The third kappa shape index (κ3) is 1.32. The van der Waals surface area contributed by atoms with Gasteiger partial charge in [-0.1, -0.05) is 0 Å². The molecule has 0 radical (unpaired) electrons. The smallest absolute Gasteiger partial charge is 0.302 e. The second kappa shape index (κ2) is 3.06. The summed E-state index contributed by atoms with van der Waals surface area (Å²) in [5.41, 5.74) is 0. The summed E-state index contributed by atoms with van der Waals surface area (Å²) in [6.45, 7) is 1.44. The highest BCUT2D eigenvalue weighted by Gasteiger charge is 2.54. The predicted molar refractivity (Wildman–Crippen MR) is 53.0 cm³/mol. The molecular weight excluding hydrogens is 192 g/mol. The summed E-state index contributed by atoms with van der Waals surface area (Å²) in [5.74, 6) is 1.65. The lowest BCUT2D eigenvalue weighted by atomic mass is 9.54. The molecule has 0 aromatic heterocycles. The fourth-order valence-electron chi connectivity index (χ4n) is 3.95. The minimum absolute atomic E-state index is 0.0325. The van der Waals surface area contributed by atoms with Crippen molar-refractivity contribution in [1.82, 2.24) is 0 Å². The molecular formula is C12H16O3. The van der Waals surface area contributed by atoms with Crippen molar-refractivity contribution in [1.29, 1.82) is 0 Å². The normalized spacial score (nSPS) is 47.0. The van der Waals surface area contributed by atoms with Crippen molar-refractivity contribution in [2.24, 2.45) is 23.7 Å². The molecule has 4 rings (SSSR count). The molecule has 15 heavy (non-hydrogen) atoms. The molecule has 4 bridgehead atoms. The number of ketones is 1. The van der Waals surface area contributed by atoms with E-state index in [9.17, 15) is 9.59 Å². The zero-order valence-corrected chi connectivity index (χ0v) is 8.94. The van der Waals surface area contributed by atoms with Crippen molar-refractivity contribution >= 4 is 11.8 Å². The molecule has 0 saturated heterocycles. The Balaban J connectivity index is 1.85. The molecule has 82 valence electrons. The molecule has 0 aromatic carbocycles. The Morgan fingerprint density at radius 3 is 2.80 bits per heavy atom. The Kier molecular flexibility index (Phi) is 1.91. The SMILES string of the molecule is CC(=O)O[C@H]1C2CC3CC(C2)C(=O)C1C3. The van der Waals surface area contributed by atoms with Crippen molar-refractivity contribution < 1.29 is 14.3 Å². The molecule has 0 heterocycles. The van der Waals surface area contributed by atoms with Gasteiger partial charge in [0.2, 0.25) is 0 Å². The van der Waals surface area contributed by atoms with Crippen LogP contribution in [0.1, 0.15) is 32.6 Å². The summed E-state index contributed by atoms with van der Waals surface area (Å²) in [6.07, 6.45) is 4.09. The fourth-order valence-corrected chi connectivity index (χ4v) is 3.95. The number of esters is 1. The van der Waals surface area contributed by atoms with Gasteiger partial charge in [0.1, 0.15) is 11.9 Å². The van der Waals surface area contributed by atoms with Crippen LogP contribution in [0, 0.1) is 23.7 Å². The van der Waals surface area contributed by atoms with Gasteiger partial charge in [-0.3, -0.25) is 9.59 Å². The first-order valence-corrected chi connectivity index (χ1v) is 5.86. The second-order valence-corrected chi connectivity index (χ2v) is 5.35. The van der Waals surface area contributed by atoms with Gasteiger partial charge in [-0.15, -0.1) is 0 Å². The third-order valence-corrected chi connectivity index (χ3v) is 4.36. The zero-order chi connectivity index (χ0) is 10.6. The van der Waals surface area contributed by atoms with Crippen molar-refractivity contribution in [3.05, 3.63) is 0 Å². The van der Waals surface area contributed by atoms with E-state index in [2.05, 4.69) is 0 Å². The lowest BCUT2D eigenvalue weighted by molar-refractivity contribution is -0.173. The first-order chi connectivity index (χ1) is 7.15. The lowest BCUT2D eigenvalue weighted by Crippen LogP contribution is -2.55. The molecule has 4 saturated carbocycles.